The number of esters is 1. The number of thiazole rings is 1. The van der Waals surface area contributed by atoms with E-state index in [2.05, 4.69) is 9.71 Å². The van der Waals surface area contributed by atoms with Gasteiger partial charge in [-0.25, -0.2) is 22.9 Å². The molecule has 3 aromatic rings. The molecule has 1 N–H and O–H groups in total. The van der Waals surface area contributed by atoms with E-state index in [1.165, 1.54) is 35.6 Å². The lowest BCUT2D eigenvalue weighted by Crippen LogP contribution is -2.25. The first kappa shape index (κ1) is 17.9. The molecule has 0 atom stereocenters. The Hall–Kier alpha value is -2.49. The second kappa shape index (κ2) is 7.26. The minimum Gasteiger partial charge on any atom is -0.462 e. The zero-order valence-corrected chi connectivity index (χ0v) is 15.8. The van der Waals surface area contributed by atoms with Gasteiger partial charge in [0, 0.05) is 11.4 Å². The Balaban J connectivity index is 1.42. The molecule has 1 saturated carbocycles. The van der Waals surface area contributed by atoms with Crippen LogP contribution in [0.1, 0.15) is 28.9 Å². The summed E-state index contributed by atoms with van der Waals surface area (Å²) in [6.07, 6.45) is 3.25. The Morgan fingerprint density at radius 3 is 2.89 bits per heavy atom. The quantitative estimate of drug-likeness (QED) is 0.607. The number of nitrogens with zero attached hydrogens (tertiary/aromatic N) is 1. The van der Waals surface area contributed by atoms with Crippen LogP contribution in [0.4, 0.5) is 0 Å². The number of carbonyl (C=O) groups excluding carboxylic acids is 1. The Morgan fingerprint density at radius 2 is 2.15 bits per heavy atom. The molecule has 9 heteroatoms. The van der Waals surface area contributed by atoms with Crippen molar-refractivity contribution < 1.29 is 22.4 Å². The number of ether oxygens (including phenoxy) is 1. The number of furan rings is 1. The summed E-state index contributed by atoms with van der Waals surface area (Å²) in [4.78, 5) is 16.7. The van der Waals surface area contributed by atoms with Crippen molar-refractivity contribution in [3.05, 3.63) is 59.3 Å². The number of rotatable bonds is 7. The largest absolute Gasteiger partial charge is 0.462 e. The predicted octanol–water partition coefficient (Wildman–Crippen LogP) is 3.20. The molecule has 2 aromatic heterocycles. The molecule has 27 heavy (non-hydrogen) atoms. The highest BCUT2D eigenvalue weighted by molar-refractivity contribution is 7.89. The first-order valence-corrected chi connectivity index (χ1v) is 10.7. The van der Waals surface area contributed by atoms with Gasteiger partial charge in [0.05, 0.1) is 22.4 Å². The Kier molecular flexibility index (Phi) is 4.81. The van der Waals surface area contributed by atoms with Crippen molar-refractivity contribution in [1.82, 2.24) is 9.71 Å². The molecule has 7 nitrogen and oxygen atoms in total. The Bertz CT molecular complexity index is 1050. The second-order valence-corrected chi connectivity index (χ2v) is 8.69. The van der Waals surface area contributed by atoms with Crippen LogP contribution in [-0.2, 0) is 21.4 Å². The summed E-state index contributed by atoms with van der Waals surface area (Å²) in [6, 6.07) is 9.40. The van der Waals surface area contributed by atoms with Gasteiger partial charge >= 0.3 is 5.97 Å². The van der Waals surface area contributed by atoms with Crippen LogP contribution in [0.15, 0.2) is 57.4 Å². The number of carbonyl (C=O) groups is 1. The van der Waals surface area contributed by atoms with Gasteiger partial charge in [-0.3, -0.25) is 0 Å². The molecule has 1 aromatic carbocycles. The van der Waals surface area contributed by atoms with Crippen molar-refractivity contribution in [1.29, 1.82) is 0 Å². The third-order valence-electron chi connectivity index (χ3n) is 3.91. The van der Waals surface area contributed by atoms with Crippen LogP contribution in [0.3, 0.4) is 0 Å². The highest BCUT2D eigenvalue weighted by atomic mass is 32.2. The van der Waals surface area contributed by atoms with Gasteiger partial charge in [0.15, 0.2) is 10.8 Å². The zero-order chi connectivity index (χ0) is 18.9. The normalized spacial score (nSPS) is 14.2. The van der Waals surface area contributed by atoms with Crippen LogP contribution in [0.2, 0.25) is 0 Å². The van der Waals surface area contributed by atoms with E-state index in [1.54, 1.807) is 23.8 Å². The summed E-state index contributed by atoms with van der Waals surface area (Å²) in [7, 11) is -3.62. The highest BCUT2D eigenvalue weighted by Gasteiger charge is 2.28. The molecule has 1 fully saturated rings. The number of nitrogens with one attached hydrogen (secondary N) is 1. The van der Waals surface area contributed by atoms with Gasteiger partial charge in [-0.1, -0.05) is 6.07 Å². The van der Waals surface area contributed by atoms with Gasteiger partial charge in [-0.2, -0.15) is 0 Å². The van der Waals surface area contributed by atoms with Crippen molar-refractivity contribution >= 4 is 27.3 Å². The third kappa shape index (κ3) is 4.26. The number of hydrogen-bond donors (Lipinski definition) is 1. The summed E-state index contributed by atoms with van der Waals surface area (Å²) in [5.41, 5.74) is 0.772. The van der Waals surface area contributed by atoms with Gasteiger partial charge in [0.1, 0.15) is 6.61 Å². The summed E-state index contributed by atoms with van der Waals surface area (Å²) >= 11 is 1.39. The highest BCUT2D eigenvalue weighted by Crippen LogP contribution is 2.25. The second-order valence-electron chi connectivity index (χ2n) is 6.12. The predicted molar refractivity (Wildman–Crippen MR) is 98.7 cm³/mol. The summed E-state index contributed by atoms with van der Waals surface area (Å²) in [5.74, 6) is 0.0460. The molecule has 1 aliphatic carbocycles. The number of hydrogen-bond acceptors (Lipinski definition) is 7. The van der Waals surface area contributed by atoms with Crippen molar-refractivity contribution in [2.75, 3.05) is 0 Å². The summed E-state index contributed by atoms with van der Waals surface area (Å²) in [6.45, 7) is -0.00660. The van der Waals surface area contributed by atoms with Crippen molar-refractivity contribution in [2.45, 2.75) is 30.4 Å². The average Bonchev–Trinajstić information content (AvgIpc) is 3.14. The fraction of sp³-hybridized carbons (Fsp3) is 0.222. The number of aromatic nitrogens is 1. The maximum absolute atomic E-state index is 12.3. The lowest BCUT2D eigenvalue weighted by molar-refractivity contribution is 0.0468. The molecular formula is C18H16N2O5S2. The Labute approximate surface area is 160 Å². The molecule has 0 radical (unpaired) electrons. The van der Waals surface area contributed by atoms with Gasteiger partial charge in [-0.05, 0) is 43.2 Å². The molecule has 0 amide bonds. The van der Waals surface area contributed by atoms with E-state index in [0.29, 0.717) is 16.5 Å². The molecule has 4 rings (SSSR count). The topological polar surface area (TPSA) is 98.5 Å². The maximum atomic E-state index is 12.3. The van der Waals surface area contributed by atoms with Crippen LogP contribution in [0.5, 0.6) is 0 Å². The SMILES string of the molecule is O=C(OCc1csc(-c2ccco2)n1)c1cccc(S(=O)(=O)NC2CC2)c1. The fourth-order valence-electron chi connectivity index (χ4n) is 2.39. The number of benzene rings is 1. The van der Waals surface area contributed by atoms with E-state index in [0.717, 1.165) is 12.8 Å². The first-order valence-electron chi connectivity index (χ1n) is 8.29. The molecule has 0 unspecified atom stereocenters. The van der Waals surface area contributed by atoms with Crippen molar-refractivity contribution in [2.24, 2.45) is 0 Å². The van der Waals surface area contributed by atoms with E-state index in [4.69, 9.17) is 9.15 Å². The summed E-state index contributed by atoms with van der Waals surface area (Å²) in [5, 5.41) is 2.48. The lowest BCUT2D eigenvalue weighted by Gasteiger charge is -2.07. The average molecular weight is 404 g/mol. The van der Waals surface area contributed by atoms with Gasteiger partial charge in [0.25, 0.3) is 0 Å². The number of sulfonamides is 1. The van der Waals surface area contributed by atoms with Gasteiger partial charge in [0.2, 0.25) is 10.0 Å². The fourth-order valence-corrected chi connectivity index (χ4v) is 4.51. The molecule has 2 heterocycles. The molecule has 0 saturated heterocycles. The molecular weight excluding hydrogens is 388 g/mol. The van der Waals surface area contributed by atoms with Crippen LogP contribution in [-0.4, -0.2) is 25.4 Å². The van der Waals surface area contributed by atoms with E-state index < -0.39 is 16.0 Å². The summed E-state index contributed by atoms with van der Waals surface area (Å²) < 4.78 is 37.7. The molecule has 0 spiro atoms. The smallest absolute Gasteiger partial charge is 0.338 e. The van der Waals surface area contributed by atoms with Crippen LogP contribution >= 0.6 is 11.3 Å². The van der Waals surface area contributed by atoms with Gasteiger partial charge in [-0.15, -0.1) is 11.3 Å². The van der Waals surface area contributed by atoms with Crippen LogP contribution in [0, 0.1) is 0 Å². The standard InChI is InChI=1S/C18H16N2O5S2/c21-18(25-10-14-11-26-17(19-14)16-5-2-8-24-16)12-3-1-4-15(9-12)27(22,23)20-13-6-7-13/h1-5,8-9,11,13,20H,6-7,10H2. The van der Waals surface area contributed by atoms with Crippen LogP contribution < -0.4 is 4.72 Å². The van der Waals surface area contributed by atoms with E-state index in [-0.39, 0.29) is 23.1 Å². The maximum Gasteiger partial charge on any atom is 0.338 e. The van der Waals surface area contributed by atoms with Crippen molar-refractivity contribution in [3.8, 4) is 10.8 Å². The van der Waals surface area contributed by atoms with E-state index in [9.17, 15) is 13.2 Å². The molecule has 140 valence electrons. The lowest BCUT2D eigenvalue weighted by atomic mass is 10.2. The van der Waals surface area contributed by atoms with Crippen LogP contribution in [0.25, 0.3) is 10.8 Å². The minimum atomic E-state index is -3.62. The molecule has 0 aliphatic heterocycles. The minimum absolute atomic E-state index is 0.00127. The monoisotopic (exact) mass is 404 g/mol. The Morgan fingerprint density at radius 1 is 1.30 bits per heavy atom. The van der Waals surface area contributed by atoms with Crippen molar-refractivity contribution in [3.63, 3.8) is 0 Å². The molecule has 1 aliphatic rings. The molecule has 0 bridgehead atoms. The van der Waals surface area contributed by atoms with Gasteiger partial charge < -0.3 is 9.15 Å². The van der Waals surface area contributed by atoms with E-state index >= 15 is 0 Å². The zero-order valence-electron chi connectivity index (χ0n) is 14.1. The third-order valence-corrected chi connectivity index (χ3v) is 6.34. The first-order chi connectivity index (χ1) is 13.0. The van der Waals surface area contributed by atoms with E-state index in [1.807, 2.05) is 0 Å².